The van der Waals surface area contributed by atoms with Crippen molar-refractivity contribution >= 4 is 5.97 Å². The van der Waals surface area contributed by atoms with E-state index in [1.54, 1.807) is 6.26 Å². The lowest BCUT2D eigenvalue weighted by atomic mass is 10.0. The fraction of sp³-hybridized carbons (Fsp3) is 0.643. The number of carbonyl (C=O) groups excluding carboxylic acids is 1. The Morgan fingerprint density at radius 2 is 2.22 bits per heavy atom. The third-order valence-electron chi connectivity index (χ3n) is 2.89. The SMILES string of the molecule is CCC(NC(CC(C)C)C(=O)OC)c1ccco1. The molecule has 0 aliphatic carbocycles. The zero-order chi connectivity index (χ0) is 13.5. The van der Waals surface area contributed by atoms with Crippen molar-refractivity contribution in [2.45, 2.75) is 45.7 Å². The number of hydrogen-bond donors (Lipinski definition) is 1. The summed E-state index contributed by atoms with van der Waals surface area (Å²) in [5.74, 6) is 1.07. The second kappa shape index (κ2) is 7.21. The fourth-order valence-electron chi connectivity index (χ4n) is 1.98. The third kappa shape index (κ3) is 4.18. The van der Waals surface area contributed by atoms with Crippen molar-refractivity contribution in [1.29, 1.82) is 0 Å². The summed E-state index contributed by atoms with van der Waals surface area (Å²) in [5, 5.41) is 3.32. The lowest BCUT2D eigenvalue weighted by molar-refractivity contribution is -0.143. The second-order valence-corrected chi connectivity index (χ2v) is 4.85. The monoisotopic (exact) mass is 253 g/mol. The molecule has 4 heteroatoms. The van der Waals surface area contributed by atoms with Crippen LogP contribution >= 0.6 is 0 Å². The van der Waals surface area contributed by atoms with Crippen LogP contribution in [0.15, 0.2) is 22.8 Å². The largest absolute Gasteiger partial charge is 0.468 e. The van der Waals surface area contributed by atoms with Crippen LogP contribution in [0.2, 0.25) is 0 Å². The quantitative estimate of drug-likeness (QED) is 0.759. The molecule has 1 aromatic rings. The zero-order valence-corrected chi connectivity index (χ0v) is 11.6. The summed E-state index contributed by atoms with van der Waals surface area (Å²) in [6.07, 6.45) is 3.26. The first-order valence-corrected chi connectivity index (χ1v) is 6.45. The number of furan rings is 1. The maximum atomic E-state index is 11.8. The molecule has 0 spiro atoms. The van der Waals surface area contributed by atoms with Crippen LogP contribution in [0.25, 0.3) is 0 Å². The molecule has 18 heavy (non-hydrogen) atoms. The Bertz CT molecular complexity index is 346. The molecule has 102 valence electrons. The van der Waals surface area contributed by atoms with Gasteiger partial charge in [-0.2, -0.15) is 0 Å². The standard InChI is InChI=1S/C14H23NO3/c1-5-11(13-7-6-8-18-13)15-12(9-10(2)3)14(16)17-4/h6-8,10-12,15H,5,9H2,1-4H3. The number of ether oxygens (including phenoxy) is 1. The summed E-state index contributed by atoms with van der Waals surface area (Å²) in [4.78, 5) is 11.8. The number of nitrogens with one attached hydrogen (secondary N) is 1. The number of carbonyl (C=O) groups is 1. The van der Waals surface area contributed by atoms with Crippen LogP contribution in [0, 0.1) is 5.92 Å². The van der Waals surface area contributed by atoms with Gasteiger partial charge < -0.3 is 9.15 Å². The van der Waals surface area contributed by atoms with E-state index in [4.69, 9.17) is 9.15 Å². The number of rotatable bonds is 7. The molecular weight excluding hydrogens is 230 g/mol. The Morgan fingerprint density at radius 1 is 1.50 bits per heavy atom. The van der Waals surface area contributed by atoms with Gasteiger partial charge in [-0.15, -0.1) is 0 Å². The molecule has 0 aliphatic rings. The van der Waals surface area contributed by atoms with Crippen LogP contribution in [0.3, 0.4) is 0 Å². The average Bonchev–Trinajstić information content (AvgIpc) is 2.86. The lowest BCUT2D eigenvalue weighted by Gasteiger charge is -2.23. The molecule has 0 fully saturated rings. The molecule has 0 aliphatic heterocycles. The topological polar surface area (TPSA) is 51.5 Å². The van der Waals surface area contributed by atoms with E-state index in [-0.39, 0.29) is 18.1 Å². The Balaban J connectivity index is 2.71. The van der Waals surface area contributed by atoms with E-state index in [0.29, 0.717) is 5.92 Å². The van der Waals surface area contributed by atoms with E-state index >= 15 is 0 Å². The highest BCUT2D eigenvalue weighted by molar-refractivity contribution is 5.75. The molecule has 2 atom stereocenters. The van der Waals surface area contributed by atoms with Crippen molar-refractivity contribution in [2.24, 2.45) is 5.92 Å². The predicted molar refractivity (Wildman–Crippen MR) is 70.1 cm³/mol. The highest BCUT2D eigenvalue weighted by Gasteiger charge is 2.24. The molecule has 0 radical (unpaired) electrons. The van der Waals surface area contributed by atoms with Crippen molar-refractivity contribution in [1.82, 2.24) is 5.32 Å². The van der Waals surface area contributed by atoms with Crippen LogP contribution in [0.5, 0.6) is 0 Å². The maximum Gasteiger partial charge on any atom is 0.322 e. The smallest absolute Gasteiger partial charge is 0.322 e. The third-order valence-corrected chi connectivity index (χ3v) is 2.89. The van der Waals surface area contributed by atoms with Crippen LogP contribution in [-0.4, -0.2) is 19.1 Å². The molecule has 1 aromatic heterocycles. The minimum absolute atomic E-state index is 0.0443. The number of esters is 1. The van der Waals surface area contributed by atoms with Crippen LogP contribution in [0.1, 0.15) is 45.4 Å². The van der Waals surface area contributed by atoms with E-state index in [1.807, 2.05) is 12.1 Å². The number of methoxy groups -OCH3 is 1. The molecule has 1 rings (SSSR count). The Labute approximate surface area is 109 Å². The van der Waals surface area contributed by atoms with Gasteiger partial charge in [-0.25, -0.2) is 0 Å². The van der Waals surface area contributed by atoms with Gasteiger partial charge in [0.1, 0.15) is 11.8 Å². The van der Waals surface area contributed by atoms with Gasteiger partial charge in [0, 0.05) is 0 Å². The van der Waals surface area contributed by atoms with Gasteiger partial charge in [0.25, 0.3) is 0 Å². The van der Waals surface area contributed by atoms with E-state index in [9.17, 15) is 4.79 Å². The maximum absolute atomic E-state index is 11.8. The first kappa shape index (κ1) is 14.8. The summed E-state index contributed by atoms with van der Waals surface area (Å²) in [7, 11) is 1.42. The Kier molecular flexibility index (Phi) is 5.92. The molecule has 0 saturated heterocycles. The van der Waals surface area contributed by atoms with Crippen molar-refractivity contribution in [3.8, 4) is 0 Å². The van der Waals surface area contributed by atoms with Crippen LogP contribution < -0.4 is 5.32 Å². The summed E-state index contributed by atoms with van der Waals surface area (Å²) >= 11 is 0. The Morgan fingerprint density at radius 3 is 2.67 bits per heavy atom. The summed E-state index contributed by atoms with van der Waals surface area (Å²) in [5.41, 5.74) is 0. The van der Waals surface area contributed by atoms with E-state index < -0.39 is 0 Å². The summed E-state index contributed by atoms with van der Waals surface area (Å²) in [6.45, 7) is 6.24. The second-order valence-electron chi connectivity index (χ2n) is 4.85. The van der Waals surface area contributed by atoms with Crippen molar-refractivity contribution in [2.75, 3.05) is 7.11 Å². The van der Waals surface area contributed by atoms with Crippen molar-refractivity contribution in [3.63, 3.8) is 0 Å². The normalized spacial score (nSPS) is 14.5. The van der Waals surface area contributed by atoms with Gasteiger partial charge >= 0.3 is 5.97 Å². The number of hydrogen-bond acceptors (Lipinski definition) is 4. The molecule has 2 unspecified atom stereocenters. The molecule has 4 nitrogen and oxygen atoms in total. The summed E-state index contributed by atoms with van der Waals surface area (Å²) in [6, 6.07) is 3.54. The van der Waals surface area contributed by atoms with Gasteiger partial charge in [-0.1, -0.05) is 20.8 Å². The van der Waals surface area contributed by atoms with Gasteiger partial charge in [0.05, 0.1) is 19.4 Å². The molecule has 1 heterocycles. The van der Waals surface area contributed by atoms with Crippen molar-refractivity contribution in [3.05, 3.63) is 24.2 Å². The minimum Gasteiger partial charge on any atom is -0.468 e. The van der Waals surface area contributed by atoms with E-state index in [0.717, 1.165) is 18.6 Å². The molecule has 0 aromatic carbocycles. The molecule has 1 N–H and O–H groups in total. The van der Waals surface area contributed by atoms with Gasteiger partial charge in [0.15, 0.2) is 0 Å². The van der Waals surface area contributed by atoms with Crippen LogP contribution in [0.4, 0.5) is 0 Å². The molecule has 0 saturated carbocycles. The molecular formula is C14H23NO3. The summed E-state index contributed by atoms with van der Waals surface area (Å²) < 4.78 is 10.2. The van der Waals surface area contributed by atoms with E-state index in [1.165, 1.54) is 7.11 Å². The van der Waals surface area contributed by atoms with Gasteiger partial charge in [-0.3, -0.25) is 10.1 Å². The molecule has 0 amide bonds. The predicted octanol–water partition coefficient (Wildman–Crippen LogP) is 2.91. The van der Waals surface area contributed by atoms with E-state index in [2.05, 4.69) is 26.1 Å². The fourth-order valence-corrected chi connectivity index (χ4v) is 1.98. The zero-order valence-electron chi connectivity index (χ0n) is 11.6. The lowest BCUT2D eigenvalue weighted by Crippen LogP contribution is -2.40. The van der Waals surface area contributed by atoms with Crippen molar-refractivity contribution < 1.29 is 13.9 Å². The minimum atomic E-state index is -0.287. The Hall–Kier alpha value is -1.29. The first-order chi connectivity index (χ1) is 8.58. The van der Waals surface area contributed by atoms with Gasteiger partial charge in [0.2, 0.25) is 0 Å². The first-order valence-electron chi connectivity index (χ1n) is 6.45. The van der Waals surface area contributed by atoms with Gasteiger partial charge in [-0.05, 0) is 30.9 Å². The molecule has 0 bridgehead atoms. The van der Waals surface area contributed by atoms with Crippen LogP contribution in [-0.2, 0) is 9.53 Å². The highest BCUT2D eigenvalue weighted by atomic mass is 16.5. The highest BCUT2D eigenvalue weighted by Crippen LogP contribution is 2.19. The average molecular weight is 253 g/mol.